The minimum absolute atomic E-state index is 0.343. The summed E-state index contributed by atoms with van der Waals surface area (Å²) in [6, 6.07) is 0. The molecular weight excluding hydrogens is 287 g/mol. The Hall–Kier alpha value is -1.11. The van der Waals surface area contributed by atoms with Crippen LogP contribution in [-0.2, 0) is 0 Å². The number of carbonyl (C=O) groups excluding carboxylic acids is 1. The van der Waals surface area contributed by atoms with Gasteiger partial charge in [0.2, 0.25) is 5.82 Å². The molecular formula is C12H9F5OS. The maximum atomic E-state index is 13.5. The van der Waals surface area contributed by atoms with E-state index in [0.29, 0.717) is 18.6 Å². The zero-order chi connectivity index (χ0) is 14.4. The van der Waals surface area contributed by atoms with Gasteiger partial charge in [0.1, 0.15) is 0 Å². The number of benzene rings is 1. The Morgan fingerprint density at radius 3 is 1.89 bits per heavy atom. The molecule has 0 amide bonds. The van der Waals surface area contributed by atoms with Crippen LogP contribution < -0.4 is 0 Å². The van der Waals surface area contributed by atoms with Gasteiger partial charge in [-0.25, -0.2) is 22.0 Å². The van der Waals surface area contributed by atoms with Gasteiger partial charge in [-0.15, -0.1) is 11.8 Å². The summed E-state index contributed by atoms with van der Waals surface area (Å²) in [6.45, 7) is 1.45. The Balaban J connectivity index is 2.60. The van der Waals surface area contributed by atoms with Crippen molar-refractivity contribution in [3.05, 3.63) is 34.6 Å². The second kappa shape index (κ2) is 4.77. The van der Waals surface area contributed by atoms with Crippen molar-refractivity contribution in [1.29, 1.82) is 0 Å². The summed E-state index contributed by atoms with van der Waals surface area (Å²) in [5.41, 5.74) is -1.34. The molecule has 0 bridgehead atoms. The van der Waals surface area contributed by atoms with Gasteiger partial charge in [-0.2, -0.15) is 0 Å². The molecule has 1 aromatic rings. The number of carbonyl (C=O) groups is 1. The zero-order valence-corrected chi connectivity index (χ0v) is 10.6. The van der Waals surface area contributed by atoms with Gasteiger partial charge >= 0.3 is 0 Å². The number of Topliss-reactive ketones (excluding diaryl/α,β-unsaturated/α-hetero) is 1. The first-order valence-corrected chi connectivity index (χ1v) is 6.48. The normalized spacial score (nSPS) is 22.8. The van der Waals surface area contributed by atoms with Crippen molar-refractivity contribution in [3.8, 4) is 0 Å². The monoisotopic (exact) mass is 296 g/mol. The third-order valence-electron chi connectivity index (χ3n) is 3.14. The molecule has 0 N–H and O–H groups in total. The summed E-state index contributed by atoms with van der Waals surface area (Å²) in [6.07, 6.45) is 0.998. The second-order valence-electron chi connectivity index (χ2n) is 4.46. The summed E-state index contributed by atoms with van der Waals surface area (Å²) in [5, 5.41) is 0. The first-order chi connectivity index (χ1) is 8.79. The molecule has 1 aromatic carbocycles. The first-order valence-electron chi connectivity index (χ1n) is 5.50. The summed E-state index contributed by atoms with van der Waals surface area (Å²) in [7, 11) is 0. The average Bonchev–Trinajstić information content (AvgIpc) is 2.82. The molecule has 0 spiro atoms. The summed E-state index contributed by atoms with van der Waals surface area (Å²) in [5.74, 6) is -11.0. The Labute approximate surface area is 110 Å². The molecule has 0 aromatic heterocycles. The van der Waals surface area contributed by atoms with E-state index in [1.807, 2.05) is 0 Å². The molecule has 1 unspecified atom stereocenters. The van der Waals surface area contributed by atoms with Crippen molar-refractivity contribution in [2.45, 2.75) is 24.5 Å². The Morgan fingerprint density at radius 1 is 1.00 bits per heavy atom. The van der Waals surface area contributed by atoms with Gasteiger partial charge in [0, 0.05) is 0 Å². The molecule has 1 heterocycles. The van der Waals surface area contributed by atoms with Crippen molar-refractivity contribution < 1.29 is 26.7 Å². The van der Waals surface area contributed by atoms with Crippen LogP contribution in [0.1, 0.15) is 30.1 Å². The van der Waals surface area contributed by atoms with E-state index in [2.05, 4.69) is 0 Å². The van der Waals surface area contributed by atoms with Crippen LogP contribution in [0.5, 0.6) is 0 Å². The van der Waals surface area contributed by atoms with Crippen molar-refractivity contribution in [2.24, 2.45) is 0 Å². The minimum atomic E-state index is -2.25. The highest BCUT2D eigenvalue weighted by molar-refractivity contribution is 8.01. The number of hydrogen-bond donors (Lipinski definition) is 0. The fourth-order valence-corrected chi connectivity index (χ4v) is 3.29. The quantitative estimate of drug-likeness (QED) is 0.357. The van der Waals surface area contributed by atoms with Gasteiger partial charge in [0.15, 0.2) is 29.1 Å². The summed E-state index contributed by atoms with van der Waals surface area (Å²) in [4.78, 5) is 12.1. The average molecular weight is 296 g/mol. The van der Waals surface area contributed by atoms with Gasteiger partial charge in [0.05, 0.1) is 10.3 Å². The zero-order valence-electron chi connectivity index (χ0n) is 9.83. The minimum Gasteiger partial charge on any atom is -0.292 e. The highest BCUT2D eigenvalue weighted by atomic mass is 32.2. The lowest BCUT2D eigenvalue weighted by Gasteiger charge is -2.21. The topological polar surface area (TPSA) is 17.1 Å². The van der Waals surface area contributed by atoms with Crippen molar-refractivity contribution >= 4 is 17.5 Å². The predicted molar refractivity (Wildman–Crippen MR) is 60.7 cm³/mol. The highest BCUT2D eigenvalue weighted by Gasteiger charge is 2.42. The van der Waals surface area contributed by atoms with E-state index in [9.17, 15) is 26.7 Å². The first kappa shape index (κ1) is 14.3. The summed E-state index contributed by atoms with van der Waals surface area (Å²) >= 11 is 1.16. The van der Waals surface area contributed by atoms with E-state index < -0.39 is 45.2 Å². The fraction of sp³-hybridized carbons (Fsp3) is 0.417. The largest absolute Gasteiger partial charge is 0.292 e. The number of rotatable bonds is 2. The second-order valence-corrected chi connectivity index (χ2v) is 6.05. The Morgan fingerprint density at radius 2 is 1.47 bits per heavy atom. The number of thioether (sulfide) groups is 1. The third-order valence-corrected chi connectivity index (χ3v) is 4.66. The molecule has 2 rings (SSSR count). The van der Waals surface area contributed by atoms with Crippen molar-refractivity contribution in [1.82, 2.24) is 0 Å². The van der Waals surface area contributed by atoms with E-state index in [1.54, 1.807) is 0 Å². The van der Waals surface area contributed by atoms with E-state index in [4.69, 9.17) is 0 Å². The van der Waals surface area contributed by atoms with Crippen molar-refractivity contribution in [3.63, 3.8) is 0 Å². The lowest BCUT2D eigenvalue weighted by Crippen LogP contribution is -2.31. The van der Waals surface area contributed by atoms with Crippen LogP contribution in [0.3, 0.4) is 0 Å². The van der Waals surface area contributed by atoms with Gasteiger partial charge < -0.3 is 0 Å². The smallest absolute Gasteiger partial charge is 0.200 e. The Bertz CT molecular complexity index is 523. The maximum Gasteiger partial charge on any atom is 0.200 e. The van der Waals surface area contributed by atoms with Gasteiger partial charge in [0.25, 0.3) is 0 Å². The van der Waals surface area contributed by atoms with Crippen LogP contribution in [0.2, 0.25) is 0 Å². The summed E-state index contributed by atoms with van der Waals surface area (Å²) < 4.78 is 64.9. The molecule has 7 heteroatoms. The molecule has 1 nitrogen and oxygen atoms in total. The highest BCUT2D eigenvalue weighted by Crippen LogP contribution is 2.41. The van der Waals surface area contributed by atoms with E-state index in [0.717, 1.165) is 11.8 Å². The third kappa shape index (κ3) is 2.13. The van der Waals surface area contributed by atoms with Crippen LogP contribution in [-0.4, -0.2) is 16.3 Å². The molecule has 0 aliphatic carbocycles. The van der Waals surface area contributed by atoms with Crippen LogP contribution >= 0.6 is 11.8 Å². The molecule has 0 saturated carbocycles. The number of halogens is 5. The standard InChI is InChI=1S/C12H9F5OS/c1-12(3-2-4-19-12)11(18)5-6(13)8(15)10(17)9(16)7(5)14/h2-4H2,1H3. The van der Waals surface area contributed by atoms with Crippen LogP contribution in [0, 0.1) is 29.1 Å². The number of ketones is 1. The lowest BCUT2D eigenvalue weighted by atomic mass is 9.93. The van der Waals surface area contributed by atoms with E-state index >= 15 is 0 Å². The van der Waals surface area contributed by atoms with Gasteiger partial charge in [-0.05, 0) is 25.5 Å². The molecule has 104 valence electrons. The van der Waals surface area contributed by atoms with Crippen LogP contribution in [0.4, 0.5) is 22.0 Å². The Kier molecular flexibility index (Phi) is 3.59. The molecule has 19 heavy (non-hydrogen) atoms. The molecule has 1 atom stereocenters. The molecule has 0 radical (unpaired) electrons. The molecule has 1 fully saturated rings. The number of hydrogen-bond acceptors (Lipinski definition) is 2. The van der Waals surface area contributed by atoms with Gasteiger partial charge in [-0.3, -0.25) is 4.79 Å². The molecule has 1 saturated heterocycles. The maximum absolute atomic E-state index is 13.5. The van der Waals surface area contributed by atoms with E-state index in [1.165, 1.54) is 6.92 Å². The predicted octanol–water partition coefficient (Wildman–Crippen LogP) is 3.85. The van der Waals surface area contributed by atoms with E-state index in [-0.39, 0.29) is 0 Å². The van der Waals surface area contributed by atoms with Crippen LogP contribution in [0.25, 0.3) is 0 Å². The SMILES string of the molecule is CC1(C(=O)c2c(F)c(F)c(F)c(F)c2F)CCCS1. The fourth-order valence-electron chi connectivity index (χ4n) is 2.03. The van der Waals surface area contributed by atoms with Crippen molar-refractivity contribution in [2.75, 3.05) is 5.75 Å². The molecule has 1 aliphatic heterocycles. The lowest BCUT2D eigenvalue weighted by molar-refractivity contribution is 0.0937. The molecule has 1 aliphatic rings. The van der Waals surface area contributed by atoms with Crippen LogP contribution in [0.15, 0.2) is 0 Å². The van der Waals surface area contributed by atoms with Gasteiger partial charge in [-0.1, -0.05) is 0 Å².